The van der Waals surface area contributed by atoms with Gasteiger partial charge in [0, 0.05) is 37.9 Å². The molecule has 1 aromatic heterocycles. The van der Waals surface area contributed by atoms with E-state index < -0.39 is 0 Å². The van der Waals surface area contributed by atoms with Crippen molar-refractivity contribution in [2.24, 2.45) is 5.92 Å². The van der Waals surface area contributed by atoms with E-state index in [0.29, 0.717) is 23.1 Å². The Morgan fingerprint density at radius 2 is 1.67 bits per heavy atom. The van der Waals surface area contributed by atoms with Gasteiger partial charge in [-0.15, -0.1) is 0 Å². The van der Waals surface area contributed by atoms with Gasteiger partial charge in [0.05, 0.1) is 0 Å². The number of amides is 1. The van der Waals surface area contributed by atoms with Crippen molar-refractivity contribution in [1.82, 2.24) is 14.9 Å². The Bertz CT molecular complexity index is 1150. The molecule has 0 bridgehead atoms. The lowest BCUT2D eigenvalue weighted by Crippen LogP contribution is -2.41. The van der Waals surface area contributed by atoms with Crippen LogP contribution in [0.2, 0.25) is 0 Å². The lowest BCUT2D eigenvalue weighted by Gasteiger charge is -2.35. The molecule has 0 N–H and O–H groups in total. The van der Waals surface area contributed by atoms with Crippen molar-refractivity contribution in [1.29, 1.82) is 0 Å². The molecule has 1 saturated heterocycles. The van der Waals surface area contributed by atoms with E-state index in [1.165, 1.54) is 37.0 Å². The molecule has 2 aromatic carbocycles. The summed E-state index contributed by atoms with van der Waals surface area (Å²) in [5.74, 6) is 1.55. The number of hydrogen-bond acceptors (Lipinski definition) is 4. The van der Waals surface area contributed by atoms with Crippen molar-refractivity contribution in [3.05, 3.63) is 77.7 Å². The van der Waals surface area contributed by atoms with Gasteiger partial charge in [-0.05, 0) is 67.9 Å². The van der Waals surface area contributed by atoms with Crippen LogP contribution in [0.25, 0.3) is 11.4 Å². The molecule has 1 amide bonds. The first kappa shape index (κ1) is 24.4. The predicted octanol–water partition coefficient (Wildman–Crippen LogP) is 6.15. The maximum absolute atomic E-state index is 13.7. The SMILES string of the molecule is CN(C(=O)c1cnc(-c2ccc(F)cc2)nc1N1CCC(Cc2ccccc2)CC1)C1CCCCC1. The van der Waals surface area contributed by atoms with Crippen LogP contribution in [0, 0.1) is 11.7 Å². The van der Waals surface area contributed by atoms with Crippen molar-refractivity contribution in [3.8, 4) is 11.4 Å². The van der Waals surface area contributed by atoms with E-state index in [0.717, 1.165) is 50.8 Å². The summed E-state index contributed by atoms with van der Waals surface area (Å²) in [7, 11) is 1.92. The first-order valence-electron chi connectivity index (χ1n) is 13.3. The summed E-state index contributed by atoms with van der Waals surface area (Å²) in [5, 5.41) is 0. The van der Waals surface area contributed by atoms with Gasteiger partial charge in [0.2, 0.25) is 0 Å². The zero-order chi connectivity index (χ0) is 24.9. The number of hydrogen-bond donors (Lipinski definition) is 0. The summed E-state index contributed by atoms with van der Waals surface area (Å²) in [6.07, 6.45) is 10.6. The molecule has 1 aliphatic carbocycles. The molecule has 2 fully saturated rings. The number of piperidine rings is 1. The third kappa shape index (κ3) is 5.58. The Kier molecular flexibility index (Phi) is 7.59. The van der Waals surface area contributed by atoms with Crippen LogP contribution in [0.3, 0.4) is 0 Å². The third-order valence-electron chi connectivity index (χ3n) is 7.83. The van der Waals surface area contributed by atoms with E-state index in [1.54, 1.807) is 18.3 Å². The summed E-state index contributed by atoms with van der Waals surface area (Å²) < 4.78 is 13.5. The summed E-state index contributed by atoms with van der Waals surface area (Å²) in [6, 6.07) is 17.1. The van der Waals surface area contributed by atoms with Gasteiger partial charge in [0.25, 0.3) is 5.91 Å². The van der Waals surface area contributed by atoms with Gasteiger partial charge in [-0.25, -0.2) is 14.4 Å². The van der Waals surface area contributed by atoms with E-state index in [1.807, 2.05) is 11.9 Å². The molecule has 0 radical (unpaired) electrons. The van der Waals surface area contributed by atoms with Gasteiger partial charge in [0.1, 0.15) is 17.2 Å². The first-order valence-corrected chi connectivity index (χ1v) is 13.3. The number of carbonyl (C=O) groups excluding carboxylic acids is 1. The molecule has 3 aromatic rings. The number of nitrogens with zero attached hydrogens (tertiary/aromatic N) is 4. The third-order valence-corrected chi connectivity index (χ3v) is 7.83. The summed E-state index contributed by atoms with van der Waals surface area (Å²) >= 11 is 0. The van der Waals surface area contributed by atoms with Crippen LogP contribution in [0.1, 0.15) is 60.9 Å². The highest BCUT2D eigenvalue weighted by Gasteiger charge is 2.29. The Morgan fingerprint density at radius 1 is 0.972 bits per heavy atom. The molecule has 5 rings (SSSR count). The zero-order valence-electron chi connectivity index (χ0n) is 21.1. The zero-order valence-corrected chi connectivity index (χ0v) is 21.1. The molecule has 2 aliphatic rings. The molecular weight excluding hydrogens is 451 g/mol. The van der Waals surface area contributed by atoms with E-state index in [9.17, 15) is 9.18 Å². The monoisotopic (exact) mass is 486 g/mol. The second kappa shape index (κ2) is 11.2. The van der Waals surface area contributed by atoms with Crippen LogP contribution in [-0.4, -0.2) is 47.0 Å². The summed E-state index contributed by atoms with van der Waals surface area (Å²) in [4.78, 5) is 27.3. The van der Waals surface area contributed by atoms with E-state index >= 15 is 0 Å². The van der Waals surface area contributed by atoms with Crippen molar-refractivity contribution in [2.75, 3.05) is 25.0 Å². The van der Waals surface area contributed by atoms with Crippen LogP contribution < -0.4 is 4.90 Å². The van der Waals surface area contributed by atoms with Crippen LogP contribution >= 0.6 is 0 Å². The Hall–Kier alpha value is -3.28. The highest BCUT2D eigenvalue weighted by atomic mass is 19.1. The second-order valence-corrected chi connectivity index (χ2v) is 10.3. The normalized spacial score (nSPS) is 17.2. The fourth-order valence-corrected chi connectivity index (χ4v) is 5.62. The van der Waals surface area contributed by atoms with E-state index in [2.05, 4.69) is 40.2 Å². The minimum Gasteiger partial charge on any atom is -0.356 e. The van der Waals surface area contributed by atoms with Crippen molar-refractivity contribution in [2.45, 2.75) is 57.4 Å². The molecule has 0 atom stereocenters. The number of anilines is 1. The fraction of sp³-hybridized carbons (Fsp3) is 0.433. The Labute approximate surface area is 213 Å². The van der Waals surface area contributed by atoms with E-state index in [4.69, 9.17) is 4.98 Å². The van der Waals surface area contributed by atoms with Crippen molar-refractivity contribution in [3.63, 3.8) is 0 Å². The number of carbonyl (C=O) groups is 1. The van der Waals surface area contributed by atoms with Crippen molar-refractivity contribution >= 4 is 11.7 Å². The smallest absolute Gasteiger partial charge is 0.259 e. The number of aromatic nitrogens is 2. The maximum Gasteiger partial charge on any atom is 0.259 e. The van der Waals surface area contributed by atoms with Crippen molar-refractivity contribution < 1.29 is 9.18 Å². The number of benzene rings is 2. The van der Waals surface area contributed by atoms with Gasteiger partial charge >= 0.3 is 0 Å². The lowest BCUT2D eigenvalue weighted by atomic mass is 9.90. The van der Waals surface area contributed by atoms with E-state index in [-0.39, 0.29) is 17.8 Å². The minimum atomic E-state index is -0.291. The van der Waals surface area contributed by atoms with Gasteiger partial charge in [-0.3, -0.25) is 4.79 Å². The van der Waals surface area contributed by atoms with Gasteiger partial charge < -0.3 is 9.80 Å². The highest BCUT2D eigenvalue weighted by molar-refractivity contribution is 5.99. The molecule has 6 heteroatoms. The molecule has 188 valence electrons. The largest absolute Gasteiger partial charge is 0.356 e. The molecule has 36 heavy (non-hydrogen) atoms. The number of halogens is 1. The standard InChI is InChI=1S/C30H35FN4O/c1-34(26-10-6-3-7-11-26)30(36)27-21-32-28(24-12-14-25(31)15-13-24)33-29(27)35-18-16-23(17-19-35)20-22-8-4-2-5-9-22/h2,4-5,8-9,12-15,21,23,26H,3,6-7,10-11,16-20H2,1H3. The summed E-state index contributed by atoms with van der Waals surface area (Å²) in [6.45, 7) is 1.70. The van der Waals surface area contributed by atoms with Crippen LogP contribution in [0.4, 0.5) is 10.2 Å². The molecule has 1 saturated carbocycles. The van der Waals surface area contributed by atoms with Crippen LogP contribution in [-0.2, 0) is 6.42 Å². The second-order valence-electron chi connectivity index (χ2n) is 10.3. The molecular formula is C30H35FN4O. The van der Waals surface area contributed by atoms with Gasteiger partial charge in [0.15, 0.2) is 5.82 Å². The number of rotatable bonds is 6. The van der Waals surface area contributed by atoms with Crippen LogP contribution in [0.15, 0.2) is 60.8 Å². The Morgan fingerprint density at radius 3 is 2.36 bits per heavy atom. The Balaban J connectivity index is 1.39. The average Bonchev–Trinajstić information content (AvgIpc) is 2.94. The average molecular weight is 487 g/mol. The molecule has 5 nitrogen and oxygen atoms in total. The molecule has 1 aliphatic heterocycles. The lowest BCUT2D eigenvalue weighted by molar-refractivity contribution is 0.0696. The molecule has 0 spiro atoms. The topological polar surface area (TPSA) is 49.3 Å². The fourth-order valence-electron chi connectivity index (χ4n) is 5.62. The maximum atomic E-state index is 13.7. The quantitative estimate of drug-likeness (QED) is 0.420. The highest BCUT2D eigenvalue weighted by Crippen LogP contribution is 2.30. The molecule has 0 unspecified atom stereocenters. The van der Waals surface area contributed by atoms with Gasteiger partial charge in [-0.2, -0.15) is 0 Å². The molecule has 2 heterocycles. The first-order chi connectivity index (χ1) is 17.6. The predicted molar refractivity (Wildman–Crippen MR) is 141 cm³/mol. The minimum absolute atomic E-state index is 0.00559. The summed E-state index contributed by atoms with van der Waals surface area (Å²) in [5.41, 5.74) is 2.69. The van der Waals surface area contributed by atoms with Gasteiger partial charge in [-0.1, -0.05) is 49.6 Å². The van der Waals surface area contributed by atoms with Crippen LogP contribution in [0.5, 0.6) is 0 Å².